The van der Waals surface area contributed by atoms with Crippen molar-refractivity contribution in [2.75, 3.05) is 25.7 Å². The fourth-order valence-corrected chi connectivity index (χ4v) is 3.34. The van der Waals surface area contributed by atoms with Crippen molar-refractivity contribution in [1.29, 1.82) is 0 Å². The maximum absolute atomic E-state index is 12.9. The molecule has 1 aliphatic heterocycles. The summed E-state index contributed by atoms with van der Waals surface area (Å²) >= 11 is 0. The van der Waals surface area contributed by atoms with Gasteiger partial charge in [0, 0.05) is 18.2 Å². The van der Waals surface area contributed by atoms with E-state index < -0.39 is 17.3 Å². The van der Waals surface area contributed by atoms with Crippen molar-refractivity contribution in [2.45, 2.75) is 12.0 Å². The van der Waals surface area contributed by atoms with Crippen molar-refractivity contribution < 1.29 is 24.2 Å². The first-order chi connectivity index (χ1) is 13.0. The lowest BCUT2D eigenvalue weighted by Gasteiger charge is -2.22. The average molecular weight is 367 g/mol. The summed E-state index contributed by atoms with van der Waals surface area (Å²) in [6, 6.07) is 11.7. The van der Waals surface area contributed by atoms with Gasteiger partial charge in [-0.3, -0.25) is 9.59 Å². The minimum Gasteiger partial charge on any atom is -0.497 e. The smallest absolute Gasteiger partial charge is 0.264 e. The fourth-order valence-electron chi connectivity index (χ4n) is 3.34. The quantitative estimate of drug-likeness (QED) is 0.601. The van der Waals surface area contributed by atoms with E-state index in [-0.39, 0.29) is 18.5 Å². The number of rotatable bonds is 7. The number of anilines is 1. The number of hydrogen-bond acceptors (Lipinski definition) is 5. The summed E-state index contributed by atoms with van der Waals surface area (Å²) in [5.74, 6) is -0.0729. The topological polar surface area (TPSA) is 76.1 Å². The molecule has 1 atom stereocenters. The molecule has 0 spiro atoms. The Bertz CT molecular complexity index is 907. The molecule has 1 heterocycles. The minimum atomic E-state index is -1.93. The highest BCUT2D eigenvalue weighted by atomic mass is 16.5. The van der Waals surface area contributed by atoms with Gasteiger partial charge >= 0.3 is 0 Å². The zero-order valence-electron chi connectivity index (χ0n) is 15.3. The Morgan fingerprint density at radius 2 is 1.96 bits per heavy atom. The highest BCUT2D eigenvalue weighted by molar-refractivity contribution is 6.11. The van der Waals surface area contributed by atoms with Crippen LogP contribution in [0.1, 0.15) is 22.3 Å². The van der Waals surface area contributed by atoms with Gasteiger partial charge in [0.05, 0.1) is 31.9 Å². The molecule has 1 aliphatic rings. The SMILES string of the molecule is C=CCN1C(=O)C(O)(CC(=O)c2ccc(OC)cc2OC)c2ccccc21. The molecule has 2 aromatic rings. The van der Waals surface area contributed by atoms with Gasteiger partial charge in [0.25, 0.3) is 5.91 Å². The molecule has 0 saturated carbocycles. The lowest BCUT2D eigenvalue weighted by atomic mass is 9.88. The molecule has 1 unspecified atom stereocenters. The van der Waals surface area contributed by atoms with Gasteiger partial charge in [-0.15, -0.1) is 6.58 Å². The molecule has 1 N–H and O–H groups in total. The molecule has 0 saturated heterocycles. The van der Waals surface area contributed by atoms with Gasteiger partial charge < -0.3 is 19.5 Å². The Labute approximate surface area is 157 Å². The number of aliphatic hydroxyl groups is 1. The standard InChI is InChI=1S/C21H21NO5/c1-4-11-22-17-8-6-5-7-16(17)21(25,20(22)24)13-18(23)15-10-9-14(26-2)12-19(15)27-3/h4-10,12,25H,1,11,13H2,2-3H3. The van der Waals surface area contributed by atoms with E-state index in [2.05, 4.69) is 6.58 Å². The third kappa shape index (κ3) is 3.08. The third-order valence-electron chi connectivity index (χ3n) is 4.68. The van der Waals surface area contributed by atoms with Gasteiger partial charge in [-0.05, 0) is 18.2 Å². The van der Waals surface area contributed by atoms with E-state index in [9.17, 15) is 14.7 Å². The van der Waals surface area contributed by atoms with E-state index >= 15 is 0 Å². The van der Waals surface area contributed by atoms with E-state index in [1.807, 2.05) is 0 Å². The Balaban J connectivity index is 1.98. The number of carbonyl (C=O) groups is 2. The number of para-hydroxylation sites is 1. The van der Waals surface area contributed by atoms with Crippen LogP contribution in [0.25, 0.3) is 0 Å². The summed E-state index contributed by atoms with van der Waals surface area (Å²) in [4.78, 5) is 27.3. The summed E-state index contributed by atoms with van der Waals surface area (Å²) < 4.78 is 10.4. The highest BCUT2D eigenvalue weighted by Crippen LogP contribution is 2.43. The van der Waals surface area contributed by atoms with E-state index in [1.165, 1.54) is 19.1 Å². The van der Waals surface area contributed by atoms with Gasteiger partial charge in [-0.25, -0.2) is 0 Å². The predicted octanol–water partition coefficient (Wildman–Crippen LogP) is 2.70. The van der Waals surface area contributed by atoms with Crippen LogP contribution >= 0.6 is 0 Å². The first-order valence-corrected chi connectivity index (χ1v) is 8.46. The maximum atomic E-state index is 12.9. The first-order valence-electron chi connectivity index (χ1n) is 8.46. The number of benzene rings is 2. The Hall–Kier alpha value is -3.12. The summed E-state index contributed by atoms with van der Waals surface area (Å²) in [6.45, 7) is 3.90. The van der Waals surface area contributed by atoms with Gasteiger partial charge in [0.2, 0.25) is 0 Å². The number of hydrogen-bond donors (Lipinski definition) is 1. The lowest BCUT2D eigenvalue weighted by molar-refractivity contribution is -0.135. The van der Waals surface area contributed by atoms with E-state index in [1.54, 1.807) is 48.5 Å². The van der Waals surface area contributed by atoms with E-state index in [0.29, 0.717) is 22.7 Å². The number of nitrogens with zero attached hydrogens (tertiary/aromatic N) is 1. The lowest BCUT2D eigenvalue weighted by Crippen LogP contribution is -2.42. The second kappa shape index (κ2) is 7.25. The van der Waals surface area contributed by atoms with E-state index in [4.69, 9.17) is 9.47 Å². The van der Waals surface area contributed by atoms with Gasteiger partial charge in [0.15, 0.2) is 11.4 Å². The molecule has 27 heavy (non-hydrogen) atoms. The molecular weight excluding hydrogens is 346 g/mol. The summed E-state index contributed by atoms with van der Waals surface area (Å²) in [5, 5.41) is 11.2. The molecule has 3 rings (SSSR count). The highest BCUT2D eigenvalue weighted by Gasteiger charge is 2.50. The number of amides is 1. The number of Topliss-reactive ketones (excluding diaryl/α,β-unsaturated/α-hetero) is 1. The molecule has 0 radical (unpaired) electrons. The molecule has 2 aromatic carbocycles. The average Bonchev–Trinajstić information content (AvgIpc) is 2.89. The number of fused-ring (bicyclic) bond motifs is 1. The second-order valence-corrected chi connectivity index (χ2v) is 6.25. The van der Waals surface area contributed by atoms with Crippen LogP contribution in [0.2, 0.25) is 0 Å². The van der Waals surface area contributed by atoms with Crippen LogP contribution < -0.4 is 14.4 Å². The van der Waals surface area contributed by atoms with Crippen LogP contribution in [0.5, 0.6) is 11.5 Å². The first kappa shape index (κ1) is 18.7. The molecule has 0 aromatic heterocycles. The van der Waals surface area contributed by atoms with Crippen LogP contribution in [0.15, 0.2) is 55.1 Å². The predicted molar refractivity (Wildman–Crippen MR) is 101 cm³/mol. The molecule has 0 bridgehead atoms. The molecule has 0 fully saturated rings. The molecule has 1 amide bonds. The van der Waals surface area contributed by atoms with Crippen molar-refractivity contribution in [3.05, 3.63) is 66.2 Å². The van der Waals surface area contributed by atoms with E-state index in [0.717, 1.165) is 0 Å². The Morgan fingerprint density at radius 3 is 2.63 bits per heavy atom. The van der Waals surface area contributed by atoms with Crippen molar-refractivity contribution >= 4 is 17.4 Å². The largest absolute Gasteiger partial charge is 0.497 e. The number of carbonyl (C=O) groups excluding carboxylic acids is 2. The summed E-state index contributed by atoms with van der Waals surface area (Å²) in [7, 11) is 2.96. The summed E-state index contributed by atoms with van der Waals surface area (Å²) in [5.41, 5.74) is -0.655. The monoisotopic (exact) mass is 367 g/mol. The summed E-state index contributed by atoms with van der Waals surface area (Å²) in [6.07, 6.45) is 1.19. The van der Waals surface area contributed by atoms with Crippen molar-refractivity contribution in [3.8, 4) is 11.5 Å². The molecular formula is C21H21NO5. The zero-order valence-corrected chi connectivity index (χ0v) is 15.3. The van der Waals surface area contributed by atoms with Gasteiger partial charge in [-0.2, -0.15) is 0 Å². The van der Waals surface area contributed by atoms with Gasteiger partial charge in [-0.1, -0.05) is 24.3 Å². The van der Waals surface area contributed by atoms with Gasteiger partial charge in [0.1, 0.15) is 11.5 Å². The fraction of sp³-hybridized carbons (Fsp3) is 0.238. The van der Waals surface area contributed by atoms with Crippen LogP contribution in [0.3, 0.4) is 0 Å². The van der Waals surface area contributed by atoms with Crippen LogP contribution in [-0.2, 0) is 10.4 Å². The minimum absolute atomic E-state index is 0.248. The van der Waals surface area contributed by atoms with Crippen LogP contribution in [0.4, 0.5) is 5.69 Å². The van der Waals surface area contributed by atoms with Crippen molar-refractivity contribution in [1.82, 2.24) is 0 Å². The molecule has 140 valence electrons. The normalized spacial score (nSPS) is 18.2. The van der Waals surface area contributed by atoms with Crippen molar-refractivity contribution in [2.24, 2.45) is 0 Å². The third-order valence-corrected chi connectivity index (χ3v) is 4.68. The molecule has 0 aliphatic carbocycles. The van der Waals surface area contributed by atoms with Crippen LogP contribution in [0, 0.1) is 0 Å². The Morgan fingerprint density at radius 1 is 1.22 bits per heavy atom. The Kier molecular flexibility index (Phi) is 5.01. The number of methoxy groups -OCH3 is 2. The number of ether oxygens (including phenoxy) is 2. The maximum Gasteiger partial charge on any atom is 0.264 e. The van der Waals surface area contributed by atoms with Crippen molar-refractivity contribution in [3.63, 3.8) is 0 Å². The second-order valence-electron chi connectivity index (χ2n) is 6.25. The molecule has 6 nitrogen and oxygen atoms in total. The van der Waals surface area contributed by atoms with Crippen LogP contribution in [-0.4, -0.2) is 37.6 Å². The zero-order chi connectivity index (χ0) is 19.6. The number of ketones is 1. The molecule has 6 heteroatoms.